The van der Waals surface area contributed by atoms with Gasteiger partial charge in [-0.15, -0.1) is 0 Å². The maximum Gasteiger partial charge on any atom is 0.335 e. The zero-order valence-electron chi connectivity index (χ0n) is 13.9. The van der Waals surface area contributed by atoms with E-state index in [0.717, 1.165) is 23.9 Å². The fraction of sp³-hybridized carbons (Fsp3) is 0.412. The number of hydrogen-bond acceptors (Lipinski definition) is 5. The Bertz CT molecular complexity index is 533. The second-order valence-corrected chi connectivity index (χ2v) is 4.91. The summed E-state index contributed by atoms with van der Waals surface area (Å²) in [5, 5.41) is 8.49. The van der Waals surface area contributed by atoms with Crippen molar-refractivity contribution < 1.29 is 29.0 Å². The number of amides is 2. The van der Waals surface area contributed by atoms with Gasteiger partial charge in [0.15, 0.2) is 0 Å². The highest BCUT2D eigenvalue weighted by Gasteiger charge is 2.08. The second kappa shape index (κ2) is 12.8. The van der Waals surface area contributed by atoms with E-state index in [2.05, 4.69) is 0 Å². The third kappa shape index (κ3) is 10.9. The fourth-order valence-corrected chi connectivity index (χ4v) is 1.68. The van der Waals surface area contributed by atoms with Crippen molar-refractivity contribution in [3.05, 3.63) is 36.3 Å². The molecule has 0 aliphatic rings. The average Bonchev–Trinajstić information content (AvgIpc) is 2.51. The molecule has 0 heterocycles. The Morgan fingerprint density at radius 3 is 2.42 bits per heavy atom. The van der Waals surface area contributed by atoms with Gasteiger partial charge in [0.2, 0.25) is 6.41 Å². The third-order valence-electron chi connectivity index (χ3n) is 2.78. The molecule has 0 fully saturated rings. The molecular weight excluding hydrogens is 314 g/mol. The van der Waals surface area contributed by atoms with Crippen LogP contribution in [0.3, 0.4) is 0 Å². The molecule has 0 unspecified atom stereocenters. The maximum atomic E-state index is 11.6. The quantitative estimate of drug-likeness (QED) is 0.204. The van der Waals surface area contributed by atoms with E-state index >= 15 is 0 Å². The number of carbonyl (C=O) groups is 4. The first-order chi connectivity index (χ1) is 11.4. The zero-order valence-corrected chi connectivity index (χ0v) is 13.9. The molecule has 0 rings (SSSR count). The summed E-state index contributed by atoms with van der Waals surface area (Å²) in [5.41, 5.74) is 0. The van der Waals surface area contributed by atoms with Crippen molar-refractivity contribution in [1.82, 2.24) is 4.90 Å². The van der Waals surface area contributed by atoms with Gasteiger partial charge in [0.25, 0.3) is 5.91 Å². The van der Waals surface area contributed by atoms with E-state index in [-0.39, 0.29) is 12.2 Å². The van der Waals surface area contributed by atoms with Crippen molar-refractivity contribution in [2.45, 2.75) is 46.0 Å². The number of imide groups is 1. The number of carboxylic acids is 1. The number of unbranched alkanes of at least 4 members (excludes halogenated alkanes) is 3. The molecule has 0 atom stereocenters. The SMILES string of the molecule is C/C=C\C(=O)N(C=O)/C=C(\C)OC(=O)/C=C/CCCCCC(=O)O. The van der Waals surface area contributed by atoms with Crippen LogP contribution in [0.1, 0.15) is 46.0 Å². The van der Waals surface area contributed by atoms with Gasteiger partial charge >= 0.3 is 11.9 Å². The lowest BCUT2D eigenvalue weighted by atomic mass is 10.1. The van der Waals surface area contributed by atoms with Gasteiger partial charge in [-0.1, -0.05) is 18.6 Å². The number of carbonyl (C=O) groups excluding carboxylic acids is 3. The van der Waals surface area contributed by atoms with Gasteiger partial charge in [0.05, 0.1) is 6.20 Å². The molecule has 0 saturated heterocycles. The topological polar surface area (TPSA) is 101 Å². The summed E-state index contributed by atoms with van der Waals surface area (Å²) in [4.78, 5) is 45.0. The summed E-state index contributed by atoms with van der Waals surface area (Å²) in [7, 11) is 0. The molecule has 7 heteroatoms. The van der Waals surface area contributed by atoms with E-state index in [4.69, 9.17) is 9.84 Å². The van der Waals surface area contributed by atoms with E-state index in [9.17, 15) is 19.2 Å². The lowest BCUT2D eigenvalue weighted by molar-refractivity contribution is -0.137. The normalized spacial score (nSPS) is 11.7. The van der Waals surface area contributed by atoms with Crippen LogP contribution >= 0.6 is 0 Å². The molecule has 0 bridgehead atoms. The molecule has 2 amide bonds. The molecule has 0 spiro atoms. The van der Waals surface area contributed by atoms with Crippen LogP contribution in [-0.2, 0) is 23.9 Å². The number of allylic oxidation sites excluding steroid dienone is 3. The van der Waals surface area contributed by atoms with Crippen LogP contribution in [0.5, 0.6) is 0 Å². The Morgan fingerprint density at radius 1 is 1.12 bits per heavy atom. The molecule has 0 aromatic rings. The number of ether oxygens (including phenoxy) is 1. The van der Waals surface area contributed by atoms with Gasteiger partial charge in [-0.3, -0.25) is 19.3 Å². The van der Waals surface area contributed by atoms with E-state index < -0.39 is 17.8 Å². The molecular formula is C17H23NO6. The van der Waals surface area contributed by atoms with E-state index in [1.807, 2.05) is 0 Å². The van der Waals surface area contributed by atoms with Crippen LogP contribution in [0.25, 0.3) is 0 Å². The smallest absolute Gasteiger partial charge is 0.335 e. The van der Waals surface area contributed by atoms with Crippen molar-refractivity contribution in [2.24, 2.45) is 0 Å². The summed E-state index contributed by atoms with van der Waals surface area (Å²) in [5.74, 6) is -1.86. The summed E-state index contributed by atoms with van der Waals surface area (Å²) in [6, 6.07) is 0. The molecule has 7 nitrogen and oxygen atoms in total. The number of rotatable bonds is 11. The predicted molar refractivity (Wildman–Crippen MR) is 87.4 cm³/mol. The second-order valence-electron chi connectivity index (χ2n) is 4.91. The Balaban J connectivity index is 4.22. The number of carboxylic acid groups (broad SMARTS) is 1. The van der Waals surface area contributed by atoms with E-state index in [1.54, 1.807) is 13.0 Å². The first-order valence-electron chi connectivity index (χ1n) is 7.59. The number of nitrogens with zero attached hydrogens (tertiary/aromatic N) is 1. The monoisotopic (exact) mass is 337 g/mol. The van der Waals surface area contributed by atoms with Crippen molar-refractivity contribution in [3.8, 4) is 0 Å². The van der Waals surface area contributed by atoms with Crippen LogP contribution < -0.4 is 0 Å². The molecule has 0 aromatic carbocycles. The molecule has 0 radical (unpaired) electrons. The van der Waals surface area contributed by atoms with Crippen LogP contribution in [0.15, 0.2) is 36.3 Å². The molecule has 132 valence electrons. The fourth-order valence-electron chi connectivity index (χ4n) is 1.68. The highest BCUT2D eigenvalue weighted by Crippen LogP contribution is 2.05. The largest absolute Gasteiger partial charge is 0.481 e. The molecule has 0 aliphatic carbocycles. The summed E-state index contributed by atoms with van der Waals surface area (Å²) in [6.07, 6.45) is 10.0. The Labute approximate surface area is 141 Å². The zero-order chi connectivity index (χ0) is 18.4. The van der Waals surface area contributed by atoms with E-state index in [0.29, 0.717) is 19.3 Å². The summed E-state index contributed by atoms with van der Waals surface area (Å²) >= 11 is 0. The molecule has 0 saturated carbocycles. The van der Waals surface area contributed by atoms with Crippen molar-refractivity contribution in [1.29, 1.82) is 0 Å². The van der Waals surface area contributed by atoms with Gasteiger partial charge in [0, 0.05) is 12.5 Å². The Kier molecular flexibility index (Phi) is 11.4. The average molecular weight is 337 g/mol. The molecule has 0 aromatic heterocycles. The minimum atomic E-state index is -0.811. The first-order valence-corrected chi connectivity index (χ1v) is 7.59. The number of hydrogen-bond donors (Lipinski definition) is 1. The van der Waals surface area contributed by atoms with Gasteiger partial charge < -0.3 is 9.84 Å². The lowest BCUT2D eigenvalue weighted by Gasteiger charge is -2.09. The standard InChI is InChI=1S/C17H23NO6/c1-3-9-15(20)18(13-19)12-14(2)24-17(23)11-8-6-4-5-7-10-16(21)22/h3,8-9,11-13H,4-7,10H2,1-2H3,(H,21,22)/b9-3-,11-8+,14-12+. The molecule has 24 heavy (non-hydrogen) atoms. The minimum Gasteiger partial charge on any atom is -0.481 e. The molecule has 0 aliphatic heterocycles. The van der Waals surface area contributed by atoms with Crippen LogP contribution in [0.4, 0.5) is 0 Å². The summed E-state index contributed by atoms with van der Waals surface area (Å²) in [6.45, 7) is 3.10. The predicted octanol–water partition coefficient (Wildman–Crippen LogP) is 2.54. The Hall–Kier alpha value is -2.70. The van der Waals surface area contributed by atoms with Crippen molar-refractivity contribution in [3.63, 3.8) is 0 Å². The lowest BCUT2D eigenvalue weighted by Crippen LogP contribution is -2.22. The van der Waals surface area contributed by atoms with Crippen molar-refractivity contribution in [2.75, 3.05) is 0 Å². The number of esters is 1. The molecule has 1 N–H and O–H groups in total. The van der Waals surface area contributed by atoms with Crippen LogP contribution in [0, 0.1) is 0 Å². The first kappa shape index (κ1) is 21.3. The highest BCUT2D eigenvalue weighted by molar-refractivity contribution is 5.95. The Morgan fingerprint density at radius 2 is 1.83 bits per heavy atom. The maximum absolute atomic E-state index is 11.6. The minimum absolute atomic E-state index is 0.107. The van der Waals surface area contributed by atoms with E-state index in [1.165, 1.54) is 25.2 Å². The van der Waals surface area contributed by atoms with Gasteiger partial charge in [-0.25, -0.2) is 4.79 Å². The third-order valence-corrected chi connectivity index (χ3v) is 2.78. The van der Waals surface area contributed by atoms with Crippen molar-refractivity contribution >= 4 is 24.3 Å². The summed E-state index contributed by atoms with van der Waals surface area (Å²) < 4.78 is 4.95. The van der Waals surface area contributed by atoms with Gasteiger partial charge in [0.1, 0.15) is 5.76 Å². The number of aliphatic carboxylic acids is 1. The highest BCUT2D eigenvalue weighted by atomic mass is 16.5. The van der Waals surface area contributed by atoms with Gasteiger partial charge in [-0.05, 0) is 39.2 Å². The van der Waals surface area contributed by atoms with Crippen LogP contribution in [-0.4, -0.2) is 34.3 Å². The van der Waals surface area contributed by atoms with Crippen LogP contribution in [0.2, 0.25) is 0 Å². The van der Waals surface area contributed by atoms with Gasteiger partial charge in [-0.2, -0.15) is 0 Å².